The molecule has 1 heterocycles. The molecule has 1 amide bonds. The second-order valence-electron chi connectivity index (χ2n) is 6.22. The van der Waals surface area contributed by atoms with Crippen molar-refractivity contribution in [3.05, 3.63) is 59.1 Å². The lowest BCUT2D eigenvalue weighted by Gasteiger charge is -2.17. The third-order valence-corrected chi connectivity index (χ3v) is 5.59. The summed E-state index contributed by atoms with van der Waals surface area (Å²) in [4.78, 5) is 20.2. The number of carbonyl (C=O) groups excluding carboxylic acids is 1. The van der Waals surface area contributed by atoms with Gasteiger partial charge in [-0.25, -0.2) is 4.98 Å². The zero-order chi connectivity index (χ0) is 18.5. The SMILES string of the molecule is CC[C@@H](CNC(=O)[C@H](C)Sc1nc2ccc(Cl)cc2[nH]1)c1ccccc1. The molecule has 0 fully saturated rings. The molecule has 3 aromatic rings. The molecular weight excluding hydrogens is 366 g/mol. The molecule has 136 valence electrons. The average Bonchev–Trinajstić information content (AvgIpc) is 3.04. The van der Waals surface area contributed by atoms with Gasteiger partial charge in [-0.05, 0) is 37.1 Å². The predicted molar refractivity (Wildman–Crippen MR) is 109 cm³/mol. The van der Waals surface area contributed by atoms with Crippen molar-refractivity contribution in [1.29, 1.82) is 0 Å². The number of hydrogen-bond donors (Lipinski definition) is 2. The van der Waals surface area contributed by atoms with Crippen LogP contribution in [0.1, 0.15) is 31.7 Å². The first-order valence-electron chi connectivity index (χ1n) is 8.71. The van der Waals surface area contributed by atoms with Crippen LogP contribution in [0.15, 0.2) is 53.7 Å². The number of nitrogens with one attached hydrogen (secondary N) is 2. The average molecular weight is 388 g/mol. The van der Waals surface area contributed by atoms with E-state index in [1.54, 1.807) is 0 Å². The number of carbonyl (C=O) groups is 1. The molecule has 0 aliphatic heterocycles. The van der Waals surface area contributed by atoms with Crippen molar-refractivity contribution in [2.24, 2.45) is 0 Å². The molecule has 0 spiro atoms. The van der Waals surface area contributed by atoms with Crippen LogP contribution < -0.4 is 5.32 Å². The molecule has 0 bridgehead atoms. The summed E-state index contributed by atoms with van der Waals surface area (Å²) in [5.41, 5.74) is 2.98. The van der Waals surface area contributed by atoms with Gasteiger partial charge >= 0.3 is 0 Å². The van der Waals surface area contributed by atoms with Crippen LogP contribution in [0.3, 0.4) is 0 Å². The lowest BCUT2D eigenvalue weighted by atomic mass is 9.96. The molecule has 26 heavy (non-hydrogen) atoms. The Morgan fingerprint density at radius 3 is 2.77 bits per heavy atom. The summed E-state index contributed by atoms with van der Waals surface area (Å²) >= 11 is 7.42. The fourth-order valence-electron chi connectivity index (χ4n) is 2.83. The maximum absolute atomic E-state index is 12.5. The largest absolute Gasteiger partial charge is 0.355 e. The van der Waals surface area contributed by atoms with E-state index in [-0.39, 0.29) is 11.2 Å². The van der Waals surface area contributed by atoms with Crippen LogP contribution in [-0.2, 0) is 4.79 Å². The van der Waals surface area contributed by atoms with E-state index in [2.05, 4.69) is 34.3 Å². The summed E-state index contributed by atoms with van der Waals surface area (Å²) in [6.07, 6.45) is 0.982. The molecule has 1 aromatic heterocycles. The standard InChI is InChI=1S/C20H22ClN3OS/c1-3-14(15-7-5-4-6-8-15)12-22-19(25)13(2)26-20-23-17-10-9-16(21)11-18(17)24-20/h4-11,13-14H,3,12H2,1-2H3,(H,22,25)(H,23,24)/t13-,14-/m0/s1. The van der Waals surface area contributed by atoms with Gasteiger partial charge < -0.3 is 10.3 Å². The molecule has 0 unspecified atom stereocenters. The van der Waals surface area contributed by atoms with E-state index in [9.17, 15) is 4.79 Å². The Kier molecular flexibility index (Phi) is 6.22. The number of fused-ring (bicyclic) bond motifs is 1. The van der Waals surface area contributed by atoms with Gasteiger partial charge in [-0.1, -0.05) is 60.6 Å². The van der Waals surface area contributed by atoms with Crippen molar-refractivity contribution in [3.63, 3.8) is 0 Å². The van der Waals surface area contributed by atoms with Crippen molar-refractivity contribution in [3.8, 4) is 0 Å². The zero-order valence-corrected chi connectivity index (χ0v) is 16.4. The Morgan fingerprint density at radius 1 is 1.27 bits per heavy atom. The number of amides is 1. The molecule has 0 radical (unpaired) electrons. The minimum Gasteiger partial charge on any atom is -0.355 e. The van der Waals surface area contributed by atoms with Crippen LogP contribution in [0.25, 0.3) is 11.0 Å². The van der Waals surface area contributed by atoms with Crippen LogP contribution in [-0.4, -0.2) is 27.7 Å². The third-order valence-electron chi connectivity index (χ3n) is 4.37. The molecule has 3 rings (SSSR count). The minimum absolute atomic E-state index is 0.0165. The Balaban J connectivity index is 1.58. The van der Waals surface area contributed by atoms with Crippen LogP contribution in [0.2, 0.25) is 5.02 Å². The van der Waals surface area contributed by atoms with E-state index in [0.29, 0.717) is 17.5 Å². The maximum atomic E-state index is 12.5. The van der Waals surface area contributed by atoms with Gasteiger partial charge in [-0.15, -0.1) is 0 Å². The molecule has 0 saturated carbocycles. The highest BCUT2D eigenvalue weighted by Gasteiger charge is 2.18. The lowest BCUT2D eigenvalue weighted by molar-refractivity contribution is -0.120. The highest BCUT2D eigenvalue weighted by molar-refractivity contribution is 8.00. The molecule has 6 heteroatoms. The summed E-state index contributed by atoms with van der Waals surface area (Å²) in [5.74, 6) is 0.341. The second-order valence-corrected chi connectivity index (χ2v) is 7.99. The van der Waals surface area contributed by atoms with Gasteiger partial charge in [0.2, 0.25) is 5.91 Å². The second kappa shape index (κ2) is 8.60. The first kappa shape index (κ1) is 18.8. The lowest BCUT2D eigenvalue weighted by Crippen LogP contribution is -2.34. The zero-order valence-electron chi connectivity index (χ0n) is 14.8. The Labute approximate surface area is 162 Å². The Bertz CT molecular complexity index is 881. The molecule has 0 aliphatic carbocycles. The first-order valence-corrected chi connectivity index (χ1v) is 9.97. The number of benzene rings is 2. The molecule has 2 atom stereocenters. The van der Waals surface area contributed by atoms with Crippen molar-refractivity contribution >= 4 is 40.3 Å². The van der Waals surface area contributed by atoms with Crippen molar-refractivity contribution in [2.75, 3.05) is 6.54 Å². The van der Waals surface area contributed by atoms with Gasteiger partial charge in [0.15, 0.2) is 5.16 Å². The van der Waals surface area contributed by atoms with E-state index in [1.807, 2.05) is 43.3 Å². The van der Waals surface area contributed by atoms with E-state index in [0.717, 1.165) is 22.6 Å². The number of hydrogen-bond acceptors (Lipinski definition) is 3. The van der Waals surface area contributed by atoms with Gasteiger partial charge in [0.1, 0.15) is 0 Å². The van der Waals surface area contributed by atoms with Crippen LogP contribution in [0, 0.1) is 0 Å². The monoisotopic (exact) mass is 387 g/mol. The predicted octanol–water partition coefficient (Wildman–Crippen LogP) is 5.01. The smallest absolute Gasteiger partial charge is 0.233 e. The number of thioether (sulfide) groups is 1. The number of H-pyrrole nitrogens is 1. The number of aromatic amines is 1. The highest BCUT2D eigenvalue weighted by atomic mass is 35.5. The van der Waals surface area contributed by atoms with E-state index in [1.165, 1.54) is 17.3 Å². The molecular formula is C20H22ClN3OS. The summed E-state index contributed by atoms with van der Waals surface area (Å²) in [6, 6.07) is 15.8. The molecule has 0 aliphatic rings. The first-order chi connectivity index (χ1) is 12.6. The normalized spacial score (nSPS) is 13.5. The highest BCUT2D eigenvalue weighted by Crippen LogP contribution is 2.25. The number of imidazole rings is 1. The third kappa shape index (κ3) is 4.59. The number of aromatic nitrogens is 2. The Morgan fingerprint density at radius 2 is 2.04 bits per heavy atom. The molecule has 2 aromatic carbocycles. The van der Waals surface area contributed by atoms with Gasteiger partial charge in [0.05, 0.1) is 16.3 Å². The van der Waals surface area contributed by atoms with E-state index < -0.39 is 0 Å². The van der Waals surface area contributed by atoms with E-state index >= 15 is 0 Å². The van der Waals surface area contributed by atoms with Crippen LogP contribution in [0.5, 0.6) is 0 Å². The Hall–Kier alpha value is -1.98. The van der Waals surface area contributed by atoms with Crippen LogP contribution in [0.4, 0.5) is 0 Å². The van der Waals surface area contributed by atoms with Gasteiger partial charge in [-0.3, -0.25) is 4.79 Å². The molecule has 4 nitrogen and oxygen atoms in total. The maximum Gasteiger partial charge on any atom is 0.233 e. The van der Waals surface area contributed by atoms with Crippen molar-refractivity contribution in [1.82, 2.24) is 15.3 Å². The van der Waals surface area contributed by atoms with Gasteiger partial charge in [0, 0.05) is 17.5 Å². The van der Waals surface area contributed by atoms with Gasteiger partial charge in [-0.2, -0.15) is 0 Å². The summed E-state index contributed by atoms with van der Waals surface area (Å²) < 4.78 is 0. The summed E-state index contributed by atoms with van der Waals surface area (Å²) in [5, 5.41) is 4.22. The van der Waals surface area contributed by atoms with Crippen molar-refractivity contribution < 1.29 is 4.79 Å². The fourth-order valence-corrected chi connectivity index (χ4v) is 3.84. The summed E-state index contributed by atoms with van der Waals surface area (Å²) in [7, 11) is 0. The van der Waals surface area contributed by atoms with Crippen molar-refractivity contribution in [2.45, 2.75) is 36.6 Å². The van der Waals surface area contributed by atoms with Gasteiger partial charge in [0.25, 0.3) is 0 Å². The number of rotatable bonds is 7. The number of nitrogens with zero attached hydrogens (tertiary/aromatic N) is 1. The minimum atomic E-state index is -0.237. The van der Waals surface area contributed by atoms with Crippen LogP contribution >= 0.6 is 23.4 Å². The topological polar surface area (TPSA) is 57.8 Å². The van der Waals surface area contributed by atoms with E-state index in [4.69, 9.17) is 11.6 Å². The quantitative estimate of drug-likeness (QED) is 0.560. The summed E-state index contributed by atoms with van der Waals surface area (Å²) in [6.45, 7) is 4.67. The number of halogens is 1. The molecule has 2 N–H and O–H groups in total. The fraction of sp³-hybridized carbons (Fsp3) is 0.300. The molecule has 0 saturated heterocycles.